The SMILES string of the molecule is C[C@H](Oc1ccc(F)cc1)C(=O)Nc1ccc(N2CCN(C)CC2)cc1. The van der Waals surface area contributed by atoms with Crippen LogP contribution in [0.4, 0.5) is 15.8 Å². The van der Waals surface area contributed by atoms with Crippen LogP contribution in [0.2, 0.25) is 0 Å². The first-order valence-electron chi connectivity index (χ1n) is 8.78. The Labute approximate surface area is 153 Å². The highest BCUT2D eigenvalue weighted by Crippen LogP contribution is 2.20. The van der Waals surface area contributed by atoms with Crippen molar-refractivity contribution >= 4 is 17.3 Å². The highest BCUT2D eigenvalue weighted by Gasteiger charge is 2.16. The number of halogens is 1. The summed E-state index contributed by atoms with van der Waals surface area (Å²) in [6, 6.07) is 13.5. The van der Waals surface area contributed by atoms with E-state index in [1.165, 1.54) is 24.3 Å². The number of carbonyl (C=O) groups is 1. The summed E-state index contributed by atoms with van der Waals surface area (Å²) >= 11 is 0. The fourth-order valence-corrected chi connectivity index (χ4v) is 2.83. The van der Waals surface area contributed by atoms with E-state index in [0.29, 0.717) is 5.75 Å². The van der Waals surface area contributed by atoms with Gasteiger partial charge in [-0.05, 0) is 62.5 Å². The molecule has 0 aliphatic carbocycles. The molecule has 1 saturated heterocycles. The quantitative estimate of drug-likeness (QED) is 0.894. The number of piperazine rings is 1. The van der Waals surface area contributed by atoms with Crippen molar-refractivity contribution in [1.82, 2.24) is 4.90 Å². The van der Waals surface area contributed by atoms with Gasteiger partial charge in [0, 0.05) is 37.6 Å². The van der Waals surface area contributed by atoms with Crippen molar-refractivity contribution in [3.05, 3.63) is 54.3 Å². The van der Waals surface area contributed by atoms with Gasteiger partial charge in [0.25, 0.3) is 5.91 Å². The summed E-state index contributed by atoms with van der Waals surface area (Å²) in [6.45, 7) is 5.78. The van der Waals surface area contributed by atoms with Crippen molar-refractivity contribution in [3.63, 3.8) is 0 Å². The zero-order valence-corrected chi connectivity index (χ0v) is 15.1. The molecular weight excluding hydrogens is 333 g/mol. The van der Waals surface area contributed by atoms with Gasteiger partial charge in [-0.15, -0.1) is 0 Å². The Kier molecular flexibility index (Phi) is 5.73. The van der Waals surface area contributed by atoms with Crippen molar-refractivity contribution in [2.75, 3.05) is 43.4 Å². The van der Waals surface area contributed by atoms with E-state index in [1.54, 1.807) is 6.92 Å². The van der Waals surface area contributed by atoms with Crippen LogP contribution in [0.1, 0.15) is 6.92 Å². The molecule has 1 aliphatic heterocycles. The summed E-state index contributed by atoms with van der Waals surface area (Å²) in [5.41, 5.74) is 1.88. The van der Waals surface area contributed by atoms with E-state index in [1.807, 2.05) is 24.3 Å². The van der Waals surface area contributed by atoms with Gasteiger partial charge in [-0.2, -0.15) is 0 Å². The summed E-state index contributed by atoms with van der Waals surface area (Å²) in [6.07, 6.45) is -0.683. The molecule has 1 fully saturated rings. The van der Waals surface area contributed by atoms with Crippen molar-refractivity contribution in [3.8, 4) is 5.75 Å². The van der Waals surface area contributed by atoms with E-state index in [2.05, 4.69) is 22.2 Å². The minimum atomic E-state index is -0.683. The zero-order chi connectivity index (χ0) is 18.5. The summed E-state index contributed by atoms with van der Waals surface area (Å²) in [5, 5.41) is 2.85. The highest BCUT2D eigenvalue weighted by molar-refractivity contribution is 5.94. The number of nitrogens with zero attached hydrogens (tertiary/aromatic N) is 2. The van der Waals surface area contributed by atoms with Gasteiger partial charge in [-0.3, -0.25) is 4.79 Å². The van der Waals surface area contributed by atoms with E-state index < -0.39 is 6.10 Å². The van der Waals surface area contributed by atoms with Crippen LogP contribution in [0.3, 0.4) is 0 Å². The van der Waals surface area contributed by atoms with Crippen LogP contribution in [0.25, 0.3) is 0 Å². The maximum atomic E-state index is 12.9. The van der Waals surface area contributed by atoms with Crippen LogP contribution in [-0.4, -0.2) is 50.1 Å². The number of hydrogen-bond donors (Lipinski definition) is 1. The number of ether oxygens (including phenoxy) is 1. The second kappa shape index (κ2) is 8.19. The Morgan fingerprint density at radius 1 is 1.04 bits per heavy atom. The molecule has 1 amide bonds. The summed E-state index contributed by atoms with van der Waals surface area (Å²) in [4.78, 5) is 16.9. The standard InChI is InChI=1S/C20H24FN3O2/c1-15(26-19-9-3-16(21)4-10-19)20(25)22-17-5-7-18(8-6-17)24-13-11-23(2)12-14-24/h3-10,15H,11-14H2,1-2H3,(H,22,25)/t15-/m0/s1. The average Bonchev–Trinajstić information content (AvgIpc) is 2.65. The summed E-state index contributed by atoms with van der Waals surface area (Å²) in [7, 11) is 2.13. The van der Waals surface area contributed by atoms with Crippen molar-refractivity contribution in [2.45, 2.75) is 13.0 Å². The van der Waals surface area contributed by atoms with Gasteiger partial charge < -0.3 is 19.9 Å². The first kappa shape index (κ1) is 18.2. The van der Waals surface area contributed by atoms with Gasteiger partial charge in [-0.25, -0.2) is 4.39 Å². The van der Waals surface area contributed by atoms with Gasteiger partial charge in [0.1, 0.15) is 11.6 Å². The smallest absolute Gasteiger partial charge is 0.265 e. The van der Waals surface area contributed by atoms with E-state index in [0.717, 1.165) is 37.6 Å². The molecule has 1 N–H and O–H groups in total. The van der Waals surface area contributed by atoms with E-state index in [-0.39, 0.29) is 11.7 Å². The summed E-state index contributed by atoms with van der Waals surface area (Å²) in [5.74, 6) is -0.129. The second-order valence-electron chi connectivity index (χ2n) is 6.54. The van der Waals surface area contributed by atoms with Gasteiger partial charge in [-0.1, -0.05) is 0 Å². The lowest BCUT2D eigenvalue weighted by Gasteiger charge is -2.34. The lowest BCUT2D eigenvalue weighted by molar-refractivity contribution is -0.122. The Morgan fingerprint density at radius 2 is 1.65 bits per heavy atom. The number of likely N-dealkylation sites (N-methyl/N-ethyl adjacent to an activating group) is 1. The van der Waals surface area contributed by atoms with Gasteiger partial charge >= 0.3 is 0 Å². The number of benzene rings is 2. The second-order valence-corrected chi connectivity index (χ2v) is 6.54. The number of rotatable bonds is 5. The molecular formula is C20H24FN3O2. The number of hydrogen-bond acceptors (Lipinski definition) is 4. The first-order chi connectivity index (χ1) is 12.5. The summed E-state index contributed by atoms with van der Waals surface area (Å²) < 4.78 is 18.5. The number of carbonyl (C=O) groups excluding carboxylic acids is 1. The monoisotopic (exact) mass is 357 g/mol. The molecule has 3 rings (SSSR count). The van der Waals surface area contributed by atoms with Crippen LogP contribution < -0.4 is 15.0 Å². The predicted molar refractivity (Wildman–Crippen MR) is 101 cm³/mol. The molecule has 1 aliphatic rings. The molecule has 138 valence electrons. The lowest BCUT2D eigenvalue weighted by atomic mass is 10.2. The number of nitrogens with one attached hydrogen (secondary N) is 1. The van der Waals surface area contributed by atoms with Crippen LogP contribution in [0, 0.1) is 5.82 Å². The normalized spacial score (nSPS) is 16.2. The van der Waals surface area contributed by atoms with Gasteiger partial charge in [0.05, 0.1) is 0 Å². The van der Waals surface area contributed by atoms with Crippen molar-refractivity contribution < 1.29 is 13.9 Å². The molecule has 2 aromatic rings. The third-order valence-corrected chi connectivity index (χ3v) is 4.50. The first-order valence-corrected chi connectivity index (χ1v) is 8.78. The Hall–Kier alpha value is -2.60. The van der Waals surface area contributed by atoms with Crippen LogP contribution in [0.5, 0.6) is 5.75 Å². The molecule has 0 unspecified atom stereocenters. The maximum absolute atomic E-state index is 12.9. The van der Waals surface area contributed by atoms with Crippen LogP contribution >= 0.6 is 0 Å². The van der Waals surface area contributed by atoms with Crippen molar-refractivity contribution in [2.24, 2.45) is 0 Å². The predicted octanol–water partition coefficient (Wildman–Crippen LogP) is 2.98. The van der Waals surface area contributed by atoms with Crippen LogP contribution in [-0.2, 0) is 4.79 Å². The minimum Gasteiger partial charge on any atom is -0.481 e. The molecule has 1 atom stereocenters. The van der Waals surface area contributed by atoms with Gasteiger partial charge in [0.2, 0.25) is 0 Å². The van der Waals surface area contributed by atoms with Gasteiger partial charge in [0.15, 0.2) is 6.10 Å². The molecule has 0 aromatic heterocycles. The van der Waals surface area contributed by atoms with E-state index >= 15 is 0 Å². The number of anilines is 2. The molecule has 0 radical (unpaired) electrons. The Balaban J connectivity index is 1.54. The third kappa shape index (κ3) is 4.73. The zero-order valence-electron chi connectivity index (χ0n) is 15.1. The largest absolute Gasteiger partial charge is 0.481 e. The van der Waals surface area contributed by atoms with Crippen molar-refractivity contribution in [1.29, 1.82) is 0 Å². The minimum absolute atomic E-state index is 0.248. The van der Waals surface area contributed by atoms with E-state index in [4.69, 9.17) is 4.74 Å². The molecule has 0 bridgehead atoms. The molecule has 0 spiro atoms. The third-order valence-electron chi connectivity index (χ3n) is 4.50. The Morgan fingerprint density at radius 3 is 2.27 bits per heavy atom. The fourth-order valence-electron chi connectivity index (χ4n) is 2.83. The highest BCUT2D eigenvalue weighted by atomic mass is 19.1. The average molecular weight is 357 g/mol. The Bertz CT molecular complexity index is 726. The molecule has 1 heterocycles. The fraction of sp³-hybridized carbons (Fsp3) is 0.350. The lowest BCUT2D eigenvalue weighted by Crippen LogP contribution is -2.44. The molecule has 2 aromatic carbocycles. The molecule has 0 saturated carbocycles. The molecule has 26 heavy (non-hydrogen) atoms. The maximum Gasteiger partial charge on any atom is 0.265 e. The van der Waals surface area contributed by atoms with E-state index in [9.17, 15) is 9.18 Å². The molecule has 5 nitrogen and oxygen atoms in total. The topological polar surface area (TPSA) is 44.8 Å². The molecule has 6 heteroatoms. The number of amides is 1. The van der Waals surface area contributed by atoms with Crippen LogP contribution in [0.15, 0.2) is 48.5 Å².